The van der Waals surface area contributed by atoms with E-state index < -0.39 is 12.2 Å². The average molecular weight is 210 g/mol. The number of aliphatic hydroxyl groups is 2. The number of carbonyl (C=O) groups excluding carboxylic acids is 1. The van der Waals surface area contributed by atoms with Crippen molar-refractivity contribution in [2.45, 2.75) is 18.6 Å². The molecule has 82 valence electrons. The maximum Gasteiger partial charge on any atom is 0.293 e. The van der Waals surface area contributed by atoms with Gasteiger partial charge in [-0.05, 0) is 5.56 Å². The minimum Gasteiger partial charge on any atom is -0.468 e. The molecule has 0 bridgehead atoms. The lowest BCUT2D eigenvalue weighted by Crippen LogP contribution is -2.20. The van der Waals surface area contributed by atoms with Gasteiger partial charge in [0.2, 0.25) is 0 Å². The maximum atomic E-state index is 9.86. The van der Waals surface area contributed by atoms with Crippen molar-refractivity contribution in [2.24, 2.45) is 0 Å². The van der Waals surface area contributed by atoms with Gasteiger partial charge in [-0.25, -0.2) is 0 Å². The zero-order valence-electron chi connectivity index (χ0n) is 8.24. The van der Waals surface area contributed by atoms with Gasteiger partial charge in [0, 0.05) is 6.42 Å². The molecule has 15 heavy (non-hydrogen) atoms. The lowest BCUT2D eigenvalue weighted by molar-refractivity contribution is -0.129. The molecule has 1 rings (SSSR count). The lowest BCUT2D eigenvalue weighted by atomic mass is 10.0. The molecule has 0 fully saturated rings. The molecule has 0 saturated heterocycles. The molecular weight excluding hydrogens is 196 g/mol. The SMILES string of the molecule is O=COCC[C@H](O)[C@@H](O)c1ccccc1. The van der Waals surface area contributed by atoms with Gasteiger partial charge in [0.15, 0.2) is 0 Å². The fourth-order valence-corrected chi connectivity index (χ4v) is 1.27. The maximum absolute atomic E-state index is 9.86. The van der Waals surface area contributed by atoms with Crippen molar-refractivity contribution in [3.05, 3.63) is 35.9 Å². The van der Waals surface area contributed by atoms with Crippen LogP contribution in [0.3, 0.4) is 0 Å². The average Bonchev–Trinajstić information content (AvgIpc) is 2.29. The van der Waals surface area contributed by atoms with Gasteiger partial charge in [-0.1, -0.05) is 30.3 Å². The van der Waals surface area contributed by atoms with Crippen LogP contribution in [0.1, 0.15) is 18.1 Å². The van der Waals surface area contributed by atoms with Crippen molar-refractivity contribution < 1.29 is 19.7 Å². The predicted molar refractivity (Wildman–Crippen MR) is 54.0 cm³/mol. The van der Waals surface area contributed by atoms with Crippen LogP contribution in [0.2, 0.25) is 0 Å². The van der Waals surface area contributed by atoms with Crippen LogP contribution in [0.4, 0.5) is 0 Å². The van der Waals surface area contributed by atoms with Gasteiger partial charge in [0.05, 0.1) is 12.7 Å². The minimum absolute atomic E-state index is 0.106. The molecule has 4 heteroatoms. The van der Waals surface area contributed by atoms with Crippen LogP contribution in [0.15, 0.2) is 30.3 Å². The smallest absolute Gasteiger partial charge is 0.293 e. The van der Waals surface area contributed by atoms with E-state index in [9.17, 15) is 15.0 Å². The van der Waals surface area contributed by atoms with Crippen LogP contribution in [0.25, 0.3) is 0 Å². The van der Waals surface area contributed by atoms with Gasteiger partial charge < -0.3 is 14.9 Å². The van der Waals surface area contributed by atoms with Crippen LogP contribution in [0.5, 0.6) is 0 Å². The lowest BCUT2D eigenvalue weighted by Gasteiger charge is -2.17. The summed E-state index contributed by atoms with van der Waals surface area (Å²) in [7, 11) is 0. The summed E-state index contributed by atoms with van der Waals surface area (Å²) in [4.78, 5) is 9.86. The van der Waals surface area contributed by atoms with Gasteiger partial charge in [0.25, 0.3) is 6.47 Å². The molecule has 4 nitrogen and oxygen atoms in total. The summed E-state index contributed by atoms with van der Waals surface area (Å²) >= 11 is 0. The Hall–Kier alpha value is -1.39. The Morgan fingerprint density at radius 1 is 1.27 bits per heavy atom. The normalized spacial score (nSPS) is 14.3. The van der Waals surface area contributed by atoms with Crippen LogP contribution in [0, 0.1) is 0 Å². The molecule has 2 N–H and O–H groups in total. The first-order valence-electron chi connectivity index (χ1n) is 4.72. The van der Waals surface area contributed by atoms with Crippen molar-refractivity contribution >= 4 is 6.47 Å². The highest BCUT2D eigenvalue weighted by molar-refractivity contribution is 5.36. The van der Waals surface area contributed by atoms with Crippen molar-refractivity contribution in [2.75, 3.05) is 6.61 Å². The van der Waals surface area contributed by atoms with E-state index >= 15 is 0 Å². The Bertz CT molecular complexity index is 286. The third kappa shape index (κ3) is 3.69. The van der Waals surface area contributed by atoms with Gasteiger partial charge in [-0.3, -0.25) is 4.79 Å². The molecule has 0 heterocycles. The Morgan fingerprint density at radius 2 is 1.93 bits per heavy atom. The highest BCUT2D eigenvalue weighted by atomic mass is 16.5. The first-order valence-corrected chi connectivity index (χ1v) is 4.72. The largest absolute Gasteiger partial charge is 0.468 e. The molecule has 0 amide bonds. The summed E-state index contributed by atoms with van der Waals surface area (Å²) in [5, 5.41) is 19.2. The molecule has 0 aliphatic rings. The van der Waals surface area contributed by atoms with Crippen LogP contribution in [-0.4, -0.2) is 29.4 Å². The number of rotatable bonds is 6. The Kier molecular flexibility index (Phi) is 4.80. The second kappa shape index (κ2) is 6.16. The number of aliphatic hydroxyl groups excluding tert-OH is 2. The second-order valence-corrected chi connectivity index (χ2v) is 3.18. The van der Waals surface area contributed by atoms with E-state index in [1.807, 2.05) is 6.07 Å². The van der Waals surface area contributed by atoms with Crippen molar-refractivity contribution in [1.82, 2.24) is 0 Å². The van der Waals surface area contributed by atoms with E-state index in [-0.39, 0.29) is 13.0 Å². The quantitative estimate of drug-likeness (QED) is 0.534. The fourth-order valence-electron chi connectivity index (χ4n) is 1.27. The Morgan fingerprint density at radius 3 is 2.53 bits per heavy atom. The summed E-state index contributed by atoms with van der Waals surface area (Å²) in [5.41, 5.74) is 0.649. The molecule has 0 unspecified atom stereocenters. The highest BCUT2D eigenvalue weighted by Gasteiger charge is 2.17. The minimum atomic E-state index is -0.943. The fraction of sp³-hybridized carbons (Fsp3) is 0.364. The van der Waals surface area contributed by atoms with E-state index in [0.29, 0.717) is 12.0 Å². The van der Waals surface area contributed by atoms with E-state index in [1.54, 1.807) is 24.3 Å². The second-order valence-electron chi connectivity index (χ2n) is 3.18. The van der Waals surface area contributed by atoms with Crippen molar-refractivity contribution in [3.8, 4) is 0 Å². The summed E-state index contributed by atoms with van der Waals surface area (Å²) in [6.45, 7) is 0.427. The van der Waals surface area contributed by atoms with Gasteiger partial charge in [-0.15, -0.1) is 0 Å². The topological polar surface area (TPSA) is 66.8 Å². The molecule has 0 aliphatic carbocycles. The van der Waals surface area contributed by atoms with Gasteiger partial charge in [0.1, 0.15) is 6.10 Å². The number of hydrogen-bond acceptors (Lipinski definition) is 4. The molecule has 1 aromatic carbocycles. The zero-order valence-corrected chi connectivity index (χ0v) is 8.24. The molecule has 0 saturated carbocycles. The molecule has 0 aliphatic heterocycles. The van der Waals surface area contributed by atoms with Crippen molar-refractivity contribution in [3.63, 3.8) is 0 Å². The zero-order chi connectivity index (χ0) is 11.1. The van der Waals surface area contributed by atoms with Gasteiger partial charge >= 0.3 is 0 Å². The molecule has 1 aromatic rings. The number of carbonyl (C=O) groups is 1. The molecule has 0 aromatic heterocycles. The summed E-state index contributed by atoms with van der Waals surface area (Å²) in [6.07, 6.45) is -1.65. The number of benzene rings is 1. The molecule has 0 spiro atoms. The first kappa shape index (κ1) is 11.7. The van der Waals surface area contributed by atoms with E-state index in [0.717, 1.165) is 0 Å². The predicted octanol–water partition coefficient (Wildman–Crippen LogP) is 0.644. The van der Waals surface area contributed by atoms with Gasteiger partial charge in [-0.2, -0.15) is 0 Å². The third-order valence-corrected chi connectivity index (χ3v) is 2.11. The highest BCUT2D eigenvalue weighted by Crippen LogP contribution is 2.18. The standard InChI is InChI=1S/C11H14O4/c12-8-15-7-6-10(13)11(14)9-4-2-1-3-5-9/h1-5,8,10-11,13-14H,6-7H2/t10-,11-/m0/s1. The van der Waals surface area contributed by atoms with Crippen LogP contribution < -0.4 is 0 Å². The number of hydrogen-bond donors (Lipinski definition) is 2. The molecule has 2 atom stereocenters. The molecular formula is C11H14O4. The van der Waals surface area contributed by atoms with Crippen molar-refractivity contribution in [1.29, 1.82) is 0 Å². The first-order chi connectivity index (χ1) is 7.25. The third-order valence-electron chi connectivity index (χ3n) is 2.11. The Balaban J connectivity index is 2.45. The van der Waals surface area contributed by atoms with E-state index in [2.05, 4.69) is 4.74 Å². The van der Waals surface area contributed by atoms with E-state index in [4.69, 9.17) is 0 Å². The van der Waals surface area contributed by atoms with Crippen LogP contribution in [-0.2, 0) is 9.53 Å². The summed E-state index contributed by atoms with van der Waals surface area (Å²) < 4.78 is 4.44. The summed E-state index contributed by atoms with van der Waals surface area (Å²) in [5.74, 6) is 0. The number of ether oxygens (including phenoxy) is 1. The monoisotopic (exact) mass is 210 g/mol. The summed E-state index contributed by atoms with van der Waals surface area (Å²) in [6, 6.07) is 8.86. The molecule has 0 radical (unpaired) electrons. The van der Waals surface area contributed by atoms with Crippen LogP contribution >= 0.6 is 0 Å². The Labute approximate surface area is 88.1 Å². The van der Waals surface area contributed by atoms with E-state index in [1.165, 1.54) is 0 Å².